The first-order valence-corrected chi connectivity index (χ1v) is 9.56. The molecule has 2 aromatic heterocycles. The zero-order valence-corrected chi connectivity index (χ0v) is 16.7. The largest absolute Gasteiger partial charge is 0.416 e. The number of hydrogen-bond acceptors (Lipinski definition) is 4. The SMILES string of the molecule is C[C@H]1CN(c2ccc(C(F)(F)F)cc2)C(=O)c2c(NC(=O)c3cccnc3)cc(C#N)n21. The summed E-state index contributed by atoms with van der Waals surface area (Å²) < 4.78 is 40.2. The Balaban J connectivity index is 1.71. The van der Waals surface area contributed by atoms with Crippen LogP contribution in [-0.4, -0.2) is 27.9 Å². The zero-order chi connectivity index (χ0) is 23.0. The number of halogens is 3. The standard InChI is InChI=1S/C22H16F3N5O2/c1-13-12-29(16-6-4-15(5-7-16)22(23,24)25)21(32)19-18(9-17(10-26)30(13)19)28-20(31)14-3-2-8-27-11-14/h2-9,11,13H,12H2,1H3,(H,28,31)/t13-/m0/s1. The van der Waals surface area contributed by atoms with Crippen molar-refractivity contribution in [1.29, 1.82) is 5.26 Å². The van der Waals surface area contributed by atoms with Gasteiger partial charge >= 0.3 is 6.18 Å². The molecule has 1 N–H and O–H groups in total. The van der Waals surface area contributed by atoms with Crippen molar-refractivity contribution >= 4 is 23.2 Å². The molecular weight excluding hydrogens is 423 g/mol. The van der Waals surface area contributed by atoms with Gasteiger partial charge in [-0.05, 0) is 49.4 Å². The van der Waals surface area contributed by atoms with E-state index in [2.05, 4.69) is 10.3 Å². The molecule has 4 rings (SSSR count). The van der Waals surface area contributed by atoms with Crippen LogP contribution in [0.5, 0.6) is 0 Å². The molecular formula is C22H16F3N5O2. The number of pyridine rings is 1. The molecule has 32 heavy (non-hydrogen) atoms. The second-order valence-corrected chi connectivity index (χ2v) is 7.28. The smallest absolute Gasteiger partial charge is 0.322 e. The van der Waals surface area contributed by atoms with Gasteiger partial charge in [0.05, 0.1) is 22.9 Å². The van der Waals surface area contributed by atoms with Gasteiger partial charge in [-0.3, -0.25) is 14.6 Å². The van der Waals surface area contributed by atoms with Crippen LogP contribution < -0.4 is 10.2 Å². The van der Waals surface area contributed by atoms with E-state index in [0.717, 1.165) is 12.1 Å². The summed E-state index contributed by atoms with van der Waals surface area (Å²) in [5.74, 6) is -1.05. The third-order valence-electron chi connectivity index (χ3n) is 5.16. The Morgan fingerprint density at radius 2 is 1.97 bits per heavy atom. The quantitative estimate of drug-likeness (QED) is 0.661. The third kappa shape index (κ3) is 3.69. The number of nitrogens with zero attached hydrogens (tertiary/aromatic N) is 4. The predicted octanol–water partition coefficient (Wildman–Crippen LogP) is 4.25. The Hall–Kier alpha value is -4.13. The molecule has 162 valence electrons. The lowest BCUT2D eigenvalue weighted by atomic mass is 10.1. The number of rotatable bonds is 3. The van der Waals surface area contributed by atoms with Crippen molar-refractivity contribution in [2.75, 3.05) is 16.8 Å². The molecule has 0 bridgehead atoms. The molecule has 2 amide bonds. The van der Waals surface area contributed by atoms with Crippen LogP contribution in [0.4, 0.5) is 24.5 Å². The maximum atomic E-state index is 13.3. The molecule has 1 aliphatic rings. The number of carbonyl (C=O) groups is 2. The molecule has 0 unspecified atom stereocenters. The van der Waals surface area contributed by atoms with Gasteiger partial charge in [-0.25, -0.2) is 0 Å². The molecule has 0 saturated carbocycles. The molecule has 0 fully saturated rings. The van der Waals surface area contributed by atoms with E-state index in [1.165, 1.54) is 40.1 Å². The molecule has 1 atom stereocenters. The first kappa shape index (κ1) is 21.1. The number of nitriles is 1. The van der Waals surface area contributed by atoms with Crippen molar-refractivity contribution in [3.05, 3.63) is 77.4 Å². The van der Waals surface area contributed by atoms with Crippen LogP contribution in [0.1, 0.15) is 45.1 Å². The highest BCUT2D eigenvalue weighted by Crippen LogP contribution is 2.35. The summed E-state index contributed by atoms with van der Waals surface area (Å²) in [5, 5.41) is 12.2. The Morgan fingerprint density at radius 3 is 2.56 bits per heavy atom. The van der Waals surface area contributed by atoms with Crippen LogP contribution in [-0.2, 0) is 6.18 Å². The van der Waals surface area contributed by atoms with Crippen LogP contribution in [0.3, 0.4) is 0 Å². The van der Waals surface area contributed by atoms with Gasteiger partial charge in [0, 0.05) is 24.6 Å². The fourth-order valence-corrected chi connectivity index (χ4v) is 3.68. The summed E-state index contributed by atoms with van der Waals surface area (Å²) in [4.78, 5) is 31.1. The highest BCUT2D eigenvalue weighted by molar-refractivity contribution is 6.13. The molecule has 0 saturated heterocycles. The zero-order valence-electron chi connectivity index (χ0n) is 16.7. The number of hydrogen-bond donors (Lipinski definition) is 1. The average Bonchev–Trinajstić information content (AvgIpc) is 3.15. The van der Waals surface area contributed by atoms with E-state index in [-0.39, 0.29) is 40.9 Å². The maximum Gasteiger partial charge on any atom is 0.416 e. The lowest BCUT2D eigenvalue weighted by Gasteiger charge is -2.34. The number of aromatic nitrogens is 2. The van der Waals surface area contributed by atoms with E-state index >= 15 is 0 Å². The Morgan fingerprint density at radius 1 is 1.25 bits per heavy atom. The molecule has 0 aliphatic carbocycles. The van der Waals surface area contributed by atoms with Gasteiger partial charge in [-0.15, -0.1) is 0 Å². The van der Waals surface area contributed by atoms with Gasteiger partial charge in [0.2, 0.25) is 0 Å². The Bertz CT molecular complexity index is 1230. The fraction of sp³-hybridized carbons (Fsp3) is 0.182. The normalized spacial score (nSPS) is 15.8. The number of benzene rings is 1. The number of nitrogens with one attached hydrogen (secondary N) is 1. The van der Waals surface area contributed by atoms with Gasteiger partial charge in [0.1, 0.15) is 17.5 Å². The summed E-state index contributed by atoms with van der Waals surface area (Å²) in [6.07, 6.45) is -1.61. The minimum Gasteiger partial charge on any atom is -0.322 e. The lowest BCUT2D eigenvalue weighted by molar-refractivity contribution is -0.137. The molecule has 0 spiro atoms. The monoisotopic (exact) mass is 439 g/mol. The fourth-order valence-electron chi connectivity index (χ4n) is 3.68. The van der Waals surface area contributed by atoms with Crippen LogP contribution in [0.2, 0.25) is 0 Å². The van der Waals surface area contributed by atoms with Crippen molar-refractivity contribution in [3.63, 3.8) is 0 Å². The Kier molecular flexibility index (Phi) is 5.18. The summed E-state index contributed by atoms with van der Waals surface area (Å²) in [5.41, 5.74) is 0.140. The van der Waals surface area contributed by atoms with E-state index in [9.17, 15) is 28.0 Å². The Labute approximate surface area is 180 Å². The molecule has 3 aromatic rings. The van der Waals surface area contributed by atoms with E-state index in [1.54, 1.807) is 19.1 Å². The van der Waals surface area contributed by atoms with Crippen molar-refractivity contribution < 1.29 is 22.8 Å². The second-order valence-electron chi connectivity index (χ2n) is 7.28. The van der Waals surface area contributed by atoms with Crippen LogP contribution in [0, 0.1) is 11.3 Å². The number of amides is 2. The van der Waals surface area contributed by atoms with Crippen molar-refractivity contribution in [1.82, 2.24) is 9.55 Å². The van der Waals surface area contributed by atoms with Crippen molar-refractivity contribution in [2.24, 2.45) is 0 Å². The molecule has 1 aromatic carbocycles. The van der Waals surface area contributed by atoms with E-state index < -0.39 is 23.6 Å². The summed E-state index contributed by atoms with van der Waals surface area (Å²) in [6.45, 7) is 1.93. The second kappa shape index (κ2) is 7.85. The van der Waals surface area contributed by atoms with Crippen molar-refractivity contribution in [2.45, 2.75) is 19.1 Å². The van der Waals surface area contributed by atoms with E-state index in [4.69, 9.17) is 0 Å². The number of alkyl halides is 3. The number of fused-ring (bicyclic) bond motifs is 1. The predicted molar refractivity (Wildman–Crippen MR) is 109 cm³/mol. The van der Waals surface area contributed by atoms with E-state index in [1.807, 2.05) is 6.07 Å². The summed E-state index contributed by atoms with van der Waals surface area (Å²) in [7, 11) is 0. The first-order chi connectivity index (χ1) is 15.2. The average molecular weight is 439 g/mol. The van der Waals surface area contributed by atoms with Gasteiger partial charge in [0.25, 0.3) is 11.8 Å². The maximum absolute atomic E-state index is 13.3. The first-order valence-electron chi connectivity index (χ1n) is 9.56. The number of carbonyl (C=O) groups excluding carboxylic acids is 2. The summed E-state index contributed by atoms with van der Waals surface area (Å²) in [6, 6.07) is 10.5. The lowest BCUT2D eigenvalue weighted by Crippen LogP contribution is -2.43. The molecule has 1 aliphatic heterocycles. The molecule has 10 heteroatoms. The van der Waals surface area contributed by atoms with Gasteiger partial charge in [-0.2, -0.15) is 18.4 Å². The highest BCUT2D eigenvalue weighted by atomic mass is 19.4. The molecule has 3 heterocycles. The topological polar surface area (TPSA) is 91.0 Å². The highest BCUT2D eigenvalue weighted by Gasteiger charge is 2.36. The van der Waals surface area contributed by atoms with E-state index in [0.29, 0.717) is 0 Å². The molecule has 7 nitrogen and oxygen atoms in total. The molecule has 0 radical (unpaired) electrons. The van der Waals surface area contributed by atoms with Crippen LogP contribution in [0.25, 0.3) is 0 Å². The van der Waals surface area contributed by atoms with Crippen molar-refractivity contribution in [3.8, 4) is 6.07 Å². The third-order valence-corrected chi connectivity index (χ3v) is 5.16. The van der Waals surface area contributed by atoms with Gasteiger partial charge in [0.15, 0.2) is 0 Å². The minimum absolute atomic E-state index is 0.0810. The number of anilines is 2. The van der Waals surface area contributed by atoms with Gasteiger partial charge in [-0.1, -0.05) is 0 Å². The van der Waals surface area contributed by atoms with Crippen LogP contribution in [0.15, 0.2) is 54.9 Å². The van der Waals surface area contributed by atoms with Gasteiger partial charge < -0.3 is 14.8 Å². The minimum atomic E-state index is -4.49. The summed E-state index contributed by atoms with van der Waals surface area (Å²) >= 11 is 0. The van der Waals surface area contributed by atoms with Crippen LogP contribution >= 0.6 is 0 Å².